The Kier molecular flexibility index (Phi) is 3.37. The predicted molar refractivity (Wildman–Crippen MR) is 70.9 cm³/mol. The highest BCUT2D eigenvalue weighted by Gasteiger charge is 2.20. The third-order valence-corrected chi connectivity index (χ3v) is 3.02. The maximum Gasteiger partial charge on any atom is 0.238 e. The topological polar surface area (TPSA) is 59.9 Å². The van der Waals surface area contributed by atoms with E-state index in [1.807, 2.05) is 31.2 Å². The average Bonchev–Trinajstić information content (AvgIpc) is 3.25. The highest BCUT2D eigenvalue weighted by molar-refractivity contribution is 5.29. The maximum atomic E-state index is 5.65. The summed E-state index contributed by atoms with van der Waals surface area (Å²) in [5.41, 5.74) is 1.77. The van der Waals surface area contributed by atoms with Gasteiger partial charge in [0, 0.05) is 24.8 Å². The SMILES string of the molecule is Cc1ncccc1Oc1ccc(CNC2CC2)nn1. The quantitative estimate of drug-likeness (QED) is 0.888. The van der Waals surface area contributed by atoms with E-state index in [1.54, 1.807) is 6.20 Å². The number of hydrogen-bond acceptors (Lipinski definition) is 5. The molecule has 0 radical (unpaired) electrons. The first kappa shape index (κ1) is 12.0. The van der Waals surface area contributed by atoms with E-state index in [-0.39, 0.29) is 0 Å². The minimum Gasteiger partial charge on any atom is -0.436 e. The molecule has 0 atom stereocenters. The lowest BCUT2D eigenvalue weighted by atomic mass is 10.3. The molecule has 2 heterocycles. The molecule has 0 amide bonds. The molecule has 0 unspecified atom stereocenters. The number of nitrogens with one attached hydrogen (secondary N) is 1. The van der Waals surface area contributed by atoms with Gasteiger partial charge in [-0.3, -0.25) is 4.98 Å². The summed E-state index contributed by atoms with van der Waals surface area (Å²) in [4.78, 5) is 4.17. The summed E-state index contributed by atoms with van der Waals surface area (Å²) in [5, 5.41) is 11.6. The van der Waals surface area contributed by atoms with Crippen LogP contribution >= 0.6 is 0 Å². The Balaban J connectivity index is 1.63. The second-order valence-electron chi connectivity index (χ2n) is 4.71. The second-order valence-corrected chi connectivity index (χ2v) is 4.71. The summed E-state index contributed by atoms with van der Waals surface area (Å²) in [6, 6.07) is 8.15. The molecule has 0 spiro atoms. The fraction of sp³-hybridized carbons (Fsp3) is 0.357. The van der Waals surface area contributed by atoms with Gasteiger partial charge < -0.3 is 10.1 Å². The zero-order valence-corrected chi connectivity index (χ0v) is 10.8. The van der Waals surface area contributed by atoms with Gasteiger partial charge in [-0.1, -0.05) is 0 Å². The summed E-state index contributed by atoms with van der Waals surface area (Å²) in [7, 11) is 0. The monoisotopic (exact) mass is 256 g/mol. The first-order valence-electron chi connectivity index (χ1n) is 6.47. The molecule has 19 heavy (non-hydrogen) atoms. The molecule has 2 aromatic rings. The van der Waals surface area contributed by atoms with E-state index in [0.29, 0.717) is 17.7 Å². The molecule has 98 valence electrons. The van der Waals surface area contributed by atoms with E-state index >= 15 is 0 Å². The van der Waals surface area contributed by atoms with E-state index < -0.39 is 0 Å². The predicted octanol–water partition coefficient (Wildman–Crippen LogP) is 2.22. The van der Waals surface area contributed by atoms with Crippen molar-refractivity contribution in [3.63, 3.8) is 0 Å². The van der Waals surface area contributed by atoms with Crippen molar-refractivity contribution in [1.82, 2.24) is 20.5 Å². The molecule has 1 N–H and O–H groups in total. The zero-order chi connectivity index (χ0) is 13.1. The van der Waals surface area contributed by atoms with Gasteiger partial charge in [-0.05, 0) is 38.0 Å². The number of rotatable bonds is 5. The minimum absolute atomic E-state index is 0.492. The summed E-state index contributed by atoms with van der Waals surface area (Å²) < 4.78 is 5.65. The molecule has 0 aliphatic heterocycles. The van der Waals surface area contributed by atoms with Crippen LogP contribution in [0.5, 0.6) is 11.6 Å². The molecule has 5 heteroatoms. The van der Waals surface area contributed by atoms with E-state index in [2.05, 4.69) is 20.5 Å². The lowest BCUT2D eigenvalue weighted by molar-refractivity contribution is 0.447. The molecule has 0 saturated heterocycles. The highest BCUT2D eigenvalue weighted by atomic mass is 16.5. The van der Waals surface area contributed by atoms with Crippen LogP contribution in [0.25, 0.3) is 0 Å². The number of pyridine rings is 1. The van der Waals surface area contributed by atoms with Crippen LogP contribution in [0.15, 0.2) is 30.5 Å². The van der Waals surface area contributed by atoms with Gasteiger partial charge in [0.05, 0.1) is 11.4 Å². The lowest BCUT2D eigenvalue weighted by Crippen LogP contribution is -2.16. The summed E-state index contributed by atoms with van der Waals surface area (Å²) >= 11 is 0. The van der Waals surface area contributed by atoms with Crippen molar-refractivity contribution in [2.75, 3.05) is 0 Å². The molecule has 2 aromatic heterocycles. The van der Waals surface area contributed by atoms with Crippen molar-refractivity contribution in [3.05, 3.63) is 41.9 Å². The smallest absolute Gasteiger partial charge is 0.238 e. The van der Waals surface area contributed by atoms with Gasteiger partial charge >= 0.3 is 0 Å². The summed E-state index contributed by atoms with van der Waals surface area (Å²) in [5.74, 6) is 1.20. The Labute approximate surface area is 112 Å². The summed E-state index contributed by atoms with van der Waals surface area (Å²) in [6.45, 7) is 2.67. The fourth-order valence-corrected chi connectivity index (χ4v) is 1.72. The average molecular weight is 256 g/mol. The Hall–Kier alpha value is -2.01. The van der Waals surface area contributed by atoms with E-state index in [0.717, 1.165) is 17.9 Å². The molecule has 0 aromatic carbocycles. The zero-order valence-electron chi connectivity index (χ0n) is 10.8. The molecule has 1 aliphatic carbocycles. The van der Waals surface area contributed by atoms with Crippen molar-refractivity contribution in [2.45, 2.75) is 32.4 Å². The minimum atomic E-state index is 0.492. The fourth-order valence-electron chi connectivity index (χ4n) is 1.72. The number of nitrogens with zero attached hydrogens (tertiary/aromatic N) is 3. The van der Waals surface area contributed by atoms with Gasteiger partial charge in [-0.15, -0.1) is 5.10 Å². The van der Waals surface area contributed by atoms with Gasteiger partial charge in [0.1, 0.15) is 0 Å². The highest BCUT2D eigenvalue weighted by Crippen LogP contribution is 2.21. The number of aryl methyl sites for hydroxylation is 1. The van der Waals surface area contributed by atoms with E-state index in [1.165, 1.54) is 12.8 Å². The molecule has 3 rings (SSSR count). The van der Waals surface area contributed by atoms with Gasteiger partial charge in [-0.2, -0.15) is 5.10 Å². The first-order chi connectivity index (χ1) is 9.31. The number of ether oxygens (including phenoxy) is 1. The molecule has 5 nitrogen and oxygen atoms in total. The van der Waals surface area contributed by atoms with Crippen LogP contribution in [-0.2, 0) is 6.54 Å². The molecular weight excluding hydrogens is 240 g/mol. The van der Waals surface area contributed by atoms with Crippen molar-refractivity contribution >= 4 is 0 Å². The Morgan fingerprint density at radius 2 is 2.16 bits per heavy atom. The van der Waals surface area contributed by atoms with Crippen LogP contribution in [0.4, 0.5) is 0 Å². The van der Waals surface area contributed by atoms with Gasteiger partial charge in [0.25, 0.3) is 0 Å². The summed E-state index contributed by atoms with van der Waals surface area (Å²) in [6.07, 6.45) is 4.28. The molecule has 0 bridgehead atoms. The normalized spacial score (nSPS) is 14.4. The largest absolute Gasteiger partial charge is 0.436 e. The van der Waals surface area contributed by atoms with E-state index in [4.69, 9.17) is 4.74 Å². The number of hydrogen-bond donors (Lipinski definition) is 1. The lowest BCUT2D eigenvalue weighted by Gasteiger charge is -2.06. The van der Waals surface area contributed by atoms with Gasteiger partial charge in [0.2, 0.25) is 5.88 Å². The number of aromatic nitrogens is 3. The molecular formula is C14H16N4O. The second kappa shape index (κ2) is 5.32. The third kappa shape index (κ3) is 3.26. The van der Waals surface area contributed by atoms with Crippen LogP contribution < -0.4 is 10.1 Å². The van der Waals surface area contributed by atoms with Crippen LogP contribution in [-0.4, -0.2) is 21.2 Å². The van der Waals surface area contributed by atoms with E-state index in [9.17, 15) is 0 Å². The standard InChI is InChI=1S/C14H16N4O/c1-10-13(3-2-8-15-10)19-14-7-6-12(17-18-14)9-16-11-4-5-11/h2-3,6-8,11,16H,4-5,9H2,1H3. The molecule has 1 saturated carbocycles. The van der Waals surface area contributed by atoms with Crippen molar-refractivity contribution in [1.29, 1.82) is 0 Å². The van der Waals surface area contributed by atoms with Crippen LogP contribution in [0.2, 0.25) is 0 Å². The van der Waals surface area contributed by atoms with Gasteiger partial charge in [-0.25, -0.2) is 0 Å². The Bertz CT molecular complexity index is 552. The van der Waals surface area contributed by atoms with Crippen molar-refractivity contribution < 1.29 is 4.74 Å². The Morgan fingerprint density at radius 3 is 2.84 bits per heavy atom. The van der Waals surface area contributed by atoms with Crippen LogP contribution in [0, 0.1) is 6.92 Å². The Morgan fingerprint density at radius 1 is 1.26 bits per heavy atom. The van der Waals surface area contributed by atoms with Gasteiger partial charge in [0.15, 0.2) is 5.75 Å². The molecule has 1 aliphatic rings. The van der Waals surface area contributed by atoms with Crippen molar-refractivity contribution in [2.24, 2.45) is 0 Å². The molecule has 1 fully saturated rings. The third-order valence-electron chi connectivity index (χ3n) is 3.02. The van der Waals surface area contributed by atoms with Crippen molar-refractivity contribution in [3.8, 4) is 11.6 Å². The van der Waals surface area contributed by atoms with Crippen LogP contribution in [0.1, 0.15) is 24.2 Å². The van der Waals surface area contributed by atoms with Crippen LogP contribution in [0.3, 0.4) is 0 Å². The first-order valence-corrected chi connectivity index (χ1v) is 6.47. The maximum absolute atomic E-state index is 5.65.